The molecule has 86 valence electrons. The first-order valence-corrected chi connectivity index (χ1v) is 6.63. The van der Waals surface area contributed by atoms with Crippen LogP contribution >= 0.6 is 0 Å². The average molecular weight is 216 g/mol. The van der Waals surface area contributed by atoms with Crippen LogP contribution in [-0.2, 0) is 0 Å². The molecule has 2 aliphatic rings. The maximum atomic E-state index is 8.91. The molecule has 0 bridgehead atoms. The van der Waals surface area contributed by atoms with Gasteiger partial charge in [0.1, 0.15) is 0 Å². The molecule has 2 atom stereocenters. The minimum atomic E-state index is -0.454. The molecular formula is C15H21N. The van der Waals surface area contributed by atoms with Crippen molar-refractivity contribution in [2.24, 2.45) is 0 Å². The number of hydrogen-bond acceptors (Lipinski definition) is 1. The van der Waals surface area contributed by atoms with E-state index in [9.17, 15) is 0 Å². The molecule has 0 aliphatic carbocycles. The molecule has 2 heterocycles. The molecule has 2 saturated heterocycles. The molecule has 0 saturated carbocycles. The summed E-state index contributed by atoms with van der Waals surface area (Å²) in [5, 5.41) is 0. The van der Waals surface area contributed by atoms with Gasteiger partial charge >= 0.3 is 0 Å². The summed E-state index contributed by atoms with van der Waals surface area (Å²) in [7, 11) is 0. The minimum absolute atomic E-state index is 0.454. The molecule has 1 heteroatoms. The fourth-order valence-electron chi connectivity index (χ4n) is 3.25. The largest absolute Gasteiger partial charge is 0.293 e. The summed E-state index contributed by atoms with van der Waals surface area (Å²) in [6.45, 7) is 1.11. The van der Waals surface area contributed by atoms with Crippen molar-refractivity contribution in [1.82, 2.24) is 4.90 Å². The first-order chi connectivity index (χ1) is 8.31. The predicted molar refractivity (Wildman–Crippen MR) is 67.4 cm³/mol. The number of piperidine rings is 2. The highest BCUT2D eigenvalue weighted by Crippen LogP contribution is 2.38. The molecule has 0 aromatic heterocycles. The van der Waals surface area contributed by atoms with Crippen LogP contribution in [0.3, 0.4) is 0 Å². The summed E-state index contributed by atoms with van der Waals surface area (Å²) in [5.41, 5.74) is 1.19. The lowest BCUT2D eigenvalue weighted by molar-refractivity contribution is 0.0518. The molecule has 2 fully saturated rings. The lowest BCUT2D eigenvalue weighted by Crippen LogP contribution is -2.44. The molecule has 0 unspecified atom stereocenters. The van der Waals surface area contributed by atoms with Gasteiger partial charge in [0.2, 0.25) is 0 Å². The van der Waals surface area contributed by atoms with E-state index in [1.54, 1.807) is 0 Å². The van der Waals surface area contributed by atoms with E-state index in [-0.39, 0.29) is 0 Å². The Hall–Kier alpha value is -0.820. The first-order valence-electron chi connectivity index (χ1n) is 7.13. The molecule has 1 nitrogen and oxygen atoms in total. The zero-order valence-electron chi connectivity index (χ0n) is 10.9. The topological polar surface area (TPSA) is 3.24 Å². The van der Waals surface area contributed by atoms with E-state index >= 15 is 0 Å². The molecule has 0 N–H and O–H groups in total. The maximum absolute atomic E-state index is 8.91. The van der Waals surface area contributed by atoms with Crippen LogP contribution in [0.4, 0.5) is 0 Å². The second-order valence-electron chi connectivity index (χ2n) is 5.05. The van der Waals surface area contributed by atoms with E-state index in [2.05, 4.69) is 29.2 Å². The van der Waals surface area contributed by atoms with E-state index in [1.165, 1.54) is 37.7 Å². The van der Waals surface area contributed by atoms with Gasteiger partial charge in [-0.2, -0.15) is 0 Å². The van der Waals surface area contributed by atoms with Gasteiger partial charge in [-0.25, -0.2) is 0 Å². The number of benzene rings is 1. The monoisotopic (exact) mass is 216 g/mol. The fraction of sp³-hybridized carbons (Fsp3) is 0.600. The highest BCUT2D eigenvalue weighted by molar-refractivity contribution is 5.20. The summed E-state index contributed by atoms with van der Waals surface area (Å²) in [6, 6.07) is 10.6. The van der Waals surface area contributed by atoms with Crippen molar-refractivity contribution in [2.45, 2.75) is 50.6 Å². The van der Waals surface area contributed by atoms with E-state index < -0.39 is 6.02 Å². The first kappa shape index (κ1) is 9.23. The minimum Gasteiger partial charge on any atom is -0.293 e. The van der Waals surface area contributed by atoms with Crippen molar-refractivity contribution in [3.8, 4) is 0 Å². The third kappa shape index (κ3) is 1.89. The van der Waals surface area contributed by atoms with Crippen LogP contribution in [0.2, 0.25) is 0 Å². The second-order valence-corrected chi connectivity index (χ2v) is 5.05. The van der Waals surface area contributed by atoms with E-state index in [1.807, 2.05) is 6.07 Å². The summed E-state index contributed by atoms with van der Waals surface area (Å²) < 4.78 is 8.91. The molecule has 3 rings (SSSR count). The maximum Gasteiger partial charge on any atom is 0.0518 e. The standard InChI is InChI=1S/C15H21N/c1-2-7-13(8-3-1)15-11-6-10-14-9-4-5-12-16(14)15/h1-3,7-8,14-15H,4-6,9-12H2/t14-,15-/m1/s1/i15D. The Bertz CT molecular complexity index is 376. The van der Waals surface area contributed by atoms with Gasteiger partial charge in [-0.05, 0) is 44.2 Å². The number of fused-ring (bicyclic) bond motifs is 1. The molecule has 1 aromatic carbocycles. The van der Waals surface area contributed by atoms with Gasteiger partial charge in [-0.3, -0.25) is 4.90 Å². The Labute approximate surface area is 99.9 Å². The van der Waals surface area contributed by atoms with Crippen LogP contribution < -0.4 is 0 Å². The highest BCUT2D eigenvalue weighted by Gasteiger charge is 2.32. The summed E-state index contributed by atoms with van der Waals surface area (Å²) in [4.78, 5) is 2.47. The van der Waals surface area contributed by atoms with Gasteiger partial charge in [-0.15, -0.1) is 0 Å². The van der Waals surface area contributed by atoms with Crippen LogP contribution in [0.25, 0.3) is 0 Å². The summed E-state index contributed by atoms with van der Waals surface area (Å²) in [5.74, 6) is 0. The van der Waals surface area contributed by atoms with Crippen molar-refractivity contribution < 1.29 is 1.37 Å². The third-order valence-electron chi connectivity index (χ3n) is 4.03. The van der Waals surface area contributed by atoms with Gasteiger partial charge in [0, 0.05) is 12.1 Å². The van der Waals surface area contributed by atoms with Crippen LogP contribution in [0.5, 0.6) is 0 Å². The smallest absolute Gasteiger partial charge is 0.0518 e. The van der Waals surface area contributed by atoms with Crippen molar-refractivity contribution in [3.63, 3.8) is 0 Å². The molecule has 0 radical (unpaired) electrons. The summed E-state index contributed by atoms with van der Waals surface area (Å²) >= 11 is 0. The molecular weight excluding hydrogens is 194 g/mol. The fourth-order valence-corrected chi connectivity index (χ4v) is 3.25. The average Bonchev–Trinajstić information content (AvgIpc) is 2.40. The van der Waals surface area contributed by atoms with Crippen LogP contribution in [0, 0.1) is 0 Å². The number of nitrogens with zero attached hydrogens (tertiary/aromatic N) is 1. The van der Waals surface area contributed by atoms with Gasteiger partial charge in [0.15, 0.2) is 0 Å². The quantitative estimate of drug-likeness (QED) is 0.691. The molecule has 2 aliphatic heterocycles. The van der Waals surface area contributed by atoms with Crippen molar-refractivity contribution in [3.05, 3.63) is 35.9 Å². The Balaban J connectivity index is 1.94. The van der Waals surface area contributed by atoms with Crippen LogP contribution in [-0.4, -0.2) is 17.5 Å². The zero-order valence-corrected chi connectivity index (χ0v) is 9.86. The molecule has 16 heavy (non-hydrogen) atoms. The Morgan fingerprint density at radius 1 is 1.00 bits per heavy atom. The van der Waals surface area contributed by atoms with Crippen LogP contribution in [0.15, 0.2) is 30.3 Å². The van der Waals surface area contributed by atoms with Gasteiger partial charge in [0.25, 0.3) is 0 Å². The second kappa shape index (κ2) is 4.58. The number of rotatable bonds is 1. The van der Waals surface area contributed by atoms with Crippen molar-refractivity contribution in [2.75, 3.05) is 6.54 Å². The summed E-state index contributed by atoms with van der Waals surface area (Å²) in [6.07, 6.45) is 7.42. The highest BCUT2D eigenvalue weighted by atomic mass is 15.2. The van der Waals surface area contributed by atoms with E-state index in [4.69, 9.17) is 1.37 Å². The van der Waals surface area contributed by atoms with E-state index in [0.717, 1.165) is 13.0 Å². The Morgan fingerprint density at radius 3 is 2.69 bits per heavy atom. The van der Waals surface area contributed by atoms with Gasteiger partial charge in [-0.1, -0.05) is 36.8 Å². The third-order valence-corrected chi connectivity index (χ3v) is 4.03. The lowest BCUT2D eigenvalue weighted by atomic mass is 9.86. The van der Waals surface area contributed by atoms with Gasteiger partial charge in [0.05, 0.1) is 1.37 Å². The normalized spacial score (nSPS) is 36.5. The Kier molecular flexibility index (Phi) is 2.65. The van der Waals surface area contributed by atoms with E-state index in [0.29, 0.717) is 6.04 Å². The predicted octanol–water partition coefficient (Wildman–Crippen LogP) is 3.77. The van der Waals surface area contributed by atoms with Crippen LogP contribution in [0.1, 0.15) is 51.5 Å². The SMILES string of the molecule is [2H][C@]1(c2ccccc2)CCC[C@H]2CCCCN21. The molecule has 1 aromatic rings. The molecule has 0 amide bonds. The van der Waals surface area contributed by atoms with Crippen molar-refractivity contribution in [1.29, 1.82) is 0 Å². The molecule has 0 spiro atoms. The Morgan fingerprint density at radius 2 is 1.81 bits per heavy atom. The zero-order chi connectivity index (χ0) is 11.7. The number of hydrogen-bond donors (Lipinski definition) is 0. The van der Waals surface area contributed by atoms with Gasteiger partial charge < -0.3 is 0 Å². The lowest BCUT2D eigenvalue weighted by Gasteiger charge is -2.45. The van der Waals surface area contributed by atoms with Crippen molar-refractivity contribution >= 4 is 0 Å².